The Balaban J connectivity index is 2.46. The molecule has 1 fully saturated rings. The maximum atomic E-state index is 12.2. The van der Waals surface area contributed by atoms with Gasteiger partial charge in [-0.05, 0) is 46.0 Å². The average Bonchev–Trinajstić information content (AvgIpc) is 2.47. The highest BCUT2D eigenvalue weighted by molar-refractivity contribution is 5.76. The molecule has 0 N–H and O–H groups in total. The lowest BCUT2D eigenvalue weighted by Gasteiger charge is -2.28. The molecule has 128 valence electrons. The second-order valence-corrected chi connectivity index (χ2v) is 6.63. The highest BCUT2D eigenvalue weighted by Crippen LogP contribution is 2.31. The van der Waals surface area contributed by atoms with E-state index in [0.717, 1.165) is 44.9 Å². The number of rotatable bonds is 8. The van der Waals surface area contributed by atoms with Crippen LogP contribution in [0.15, 0.2) is 0 Å². The van der Waals surface area contributed by atoms with E-state index in [1.807, 2.05) is 13.8 Å². The Bertz CT molecular complexity index is 321. The second-order valence-electron chi connectivity index (χ2n) is 6.63. The third kappa shape index (κ3) is 6.37. The highest BCUT2D eigenvalue weighted by Gasteiger charge is 2.33. The molecule has 1 aliphatic rings. The van der Waals surface area contributed by atoms with Crippen LogP contribution in [0.4, 0.5) is 0 Å². The van der Waals surface area contributed by atoms with Crippen LogP contribution in [0.2, 0.25) is 0 Å². The summed E-state index contributed by atoms with van der Waals surface area (Å²) in [6.45, 7) is 8.02. The summed E-state index contributed by atoms with van der Waals surface area (Å²) < 4.78 is 11.0. The SMILES string of the molecule is CCCC(C)OC(=O)C1CCCC(C(=O)OC(C)CCC)C1. The van der Waals surface area contributed by atoms with Crippen molar-refractivity contribution in [2.45, 2.75) is 91.3 Å². The third-order valence-corrected chi connectivity index (χ3v) is 4.37. The van der Waals surface area contributed by atoms with Gasteiger partial charge in [0.05, 0.1) is 24.0 Å². The lowest BCUT2D eigenvalue weighted by molar-refractivity contribution is -0.160. The van der Waals surface area contributed by atoms with Crippen molar-refractivity contribution in [1.82, 2.24) is 0 Å². The number of hydrogen-bond donors (Lipinski definition) is 0. The molecule has 22 heavy (non-hydrogen) atoms. The molecule has 4 atom stereocenters. The van der Waals surface area contributed by atoms with Crippen LogP contribution in [0.5, 0.6) is 0 Å². The van der Waals surface area contributed by atoms with Gasteiger partial charge >= 0.3 is 11.9 Å². The van der Waals surface area contributed by atoms with Crippen LogP contribution in [0.1, 0.15) is 79.1 Å². The van der Waals surface area contributed by atoms with Crippen LogP contribution in [-0.2, 0) is 19.1 Å². The number of ether oxygens (including phenoxy) is 2. The molecular weight excluding hydrogens is 280 g/mol. The first kappa shape index (κ1) is 19.0. The lowest BCUT2D eigenvalue weighted by Crippen LogP contribution is -2.32. The Hall–Kier alpha value is -1.06. The Morgan fingerprint density at radius 3 is 1.68 bits per heavy atom. The summed E-state index contributed by atoms with van der Waals surface area (Å²) in [5.41, 5.74) is 0. The molecular formula is C18H32O4. The molecule has 4 unspecified atom stereocenters. The molecule has 4 nitrogen and oxygen atoms in total. The van der Waals surface area contributed by atoms with E-state index in [9.17, 15) is 9.59 Å². The van der Waals surface area contributed by atoms with Crippen LogP contribution in [-0.4, -0.2) is 24.1 Å². The lowest BCUT2D eigenvalue weighted by atomic mass is 9.81. The van der Waals surface area contributed by atoms with Gasteiger partial charge in [-0.15, -0.1) is 0 Å². The Labute approximate surface area is 134 Å². The first-order chi connectivity index (χ1) is 10.5. The molecule has 0 aromatic rings. The molecule has 0 radical (unpaired) electrons. The van der Waals surface area contributed by atoms with Crippen LogP contribution < -0.4 is 0 Å². The minimum atomic E-state index is -0.146. The Kier molecular flexibility index (Phi) is 8.51. The molecule has 1 saturated carbocycles. The minimum Gasteiger partial charge on any atom is -0.462 e. The molecule has 0 aromatic carbocycles. The zero-order valence-electron chi connectivity index (χ0n) is 14.6. The highest BCUT2D eigenvalue weighted by atomic mass is 16.5. The van der Waals surface area contributed by atoms with Crippen molar-refractivity contribution < 1.29 is 19.1 Å². The summed E-state index contributed by atoms with van der Waals surface area (Å²) in [6, 6.07) is 0. The van der Waals surface area contributed by atoms with E-state index in [-0.39, 0.29) is 36.0 Å². The summed E-state index contributed by atoms with van der Waals surface area (Å²) in [6.07, 6.45) is 6.84. The molecule has 1 rings (SSSR count). The molecule has 0 aliphatic heterocycles. The van der Waals surface area contributed by atoms with Crippen LogP contribution in [0.25, 0.3) is 0 Å². The summed E-state index contributed by atoms with van der Waals surface area (Å²) in [5.74, 6) is -0.570. The monoisotopic (exact) mass is 312 g/mol. The fraction of sp³-hybridized carbons (Fsp3) is 0.889. The Morgan fingerprint density at radius 2 is 1.32 bits per heavy atom. The van der Waals surface area contributed by atoms with Crippen LogP contribution in [0, 0.1) is 11.8 Å². The molecule has 0 spiro atoms. The molecule has 0 amide bonds. The summed E-state index contributed by atoms with van der Waals surface area (Å²) in [5, 5.41) is 0. The molecule has 4 heteroatoms. The van der Waals surface area contributed by atoms with Gasteiger partial charge in [-0.1, -0.05) is 33.1 Å². The normalized spacial score (nSPS) is 24.4. The average molecular weight is 312 g/mol. The van der Waals surface area contributed by atoms with E-state index in [1.165, 1.54) is 0 Å². The van der Waals surface area contributed by atoms with Gasteiger partial charge in [0.1, 0.15) is 0 Å². The van der Waals surface area contributed by atoms with Gasteiger partial charge in [0.2, 0.25) is 0 Å². The molecule has 0 heterocycles. The van der Waals surface area contributed by atoms with E-state index >= 15 is 0 Å². The van der Waals surface area contributed by atoms with Gasteiger partial charge in [-0.25, -0.2) is 0 Å². The topological polar surface area (TPSA) is 52.6 Å². The Morgan fingerprint density at radius 1 is 0.909 bits per heavy atom. The summed E-state index contributed by atoms with van der Waals surface area (Å²) >= 11 is 0. The molecule has 0 saturated heterocycles. The van der Waals surface area contributed by atoms with E-state index in [2.05, 4.69) is 13.8 Å². The fourth-order valence-corrected chi connectivity index (χ4v) is 3.14. The van der Waals surface area contributed by atoms with Crippen molar-refractivity contribution in [2.75, 3.05) is 0 Å². The van der Waals surface area contributed by atoms with Gasteiger partial charge in [0.15, 0.2) is 0 Å². The third-order valence-electron chi connectivity index (χ3n) is 4.37. The van der Waals surface area contributed by atoms with Crippen LogP contribution >= 0.6 is 0 Å². The van der Waals surface area contributed by atoms with Crippen molar-refractivity contribution in [2.24, 2.45) is 11.8 Å². The zero-order valence-corrected chi connectivity index (χ0v) is 14.6. The number of carbonyl (C=O) groups excluding carboxylic acids is 2. The first-order valence-electron chi connectivity index (χ1n) is 8.88. The van der Waals surface area contributed by atoms with Gasteiger partial charge in [0.25, 0.3) is 0 Å². The van der Waals surface area contributed by atoms with Gasteiger partial charge in [-0.3, -0.25) is 9.59 Å². The van der Waals surface area contributed by atoms with Crippen molar-refractivity contribution >= 4 is 11.9 Å². The van der Waals surface area contributed by atoms with Gasteiger partial charge in [0, 0.05) is 0 Å². The molecule has 0 bridgehead atoms. The zero-order chi connectivity index (χ0) is 16.5. The first-order valence-corrected chi connectivity index (χ1v) is 8.88. The van der Waals surface area contributed by atoms with Crippen molar-refractivity contribution in [3.63, 3.8) is 0 Å². The predicted octanol–water partition coefficient (Wildman–Crippen LogP) is 4.26. The quantitative estimate of drug-likeness (QED) is 0.628. The number of hydrogen-bond acceptors (Lipinski definition) is 4. The standard InChI is InChI=1S/C18H32O4/c1-5-8-13(3)21-17(19)15-10-7-11-16(12-15)18(20)22-14(4)9-6-2/h13-16H,5-12H2,1-4H3. The molecule has 0 aromatic heterocycles. The van der Waals surface area contributed by atoms with Gasteiger partial charge in [-0.2, -0.15) is 0 Å². The van der Waals surface area contributed by atoms with E-state index < -0.39 is 0 Å². The maximum Gasteiger partial charge on any atom is 0.309 e. The number of esters is 2. The van der Waals surface area contributed by atoms with E-state index in [0.29, 0.717) is 6.42 Å². The summed E-state index contributed by atoms with van der Waals surface area (Å²) in [4.78, 5) is 24.4. The van der Waals surface area contributed by atoms with Gasteiger partial charge < -0.3 is 9.47 Å². The van der Waals surface area contributed by atoms with Crippen LogP contribution in [0.3, 0.4) is 0 Å². The van der Waals surface area contributed by atoms with E-state index in [1.54, 1.807) is 0 Å². The fourth-order valence-electron chi connectivity index (χ4n) is 3.14. The van der Waals surface area contributed by atoms with Crippen molar-refractivity contribution in [1.29, 1.82) is 0 Å². The predicted molar refractivity (Wildman–Crippen MR) is 86.4 cm³/mol. The maximum absolute atomic E-state index is 12.2. The second kappa shape index (κ2) is 9.86. The largest absolute Gasteiger partial charge is 0.462 e. The van der Waals surface area contributed by atoms with Crippen molar-refractivity contribution in [3.8, 4) is 0 Å². The summed E-state index contributed by atoms with van der Waals surface area (Å²) in [7, 11) is 0. The van der Waals surface area contributed by atoms with Crippen molar-refractivity contribution in [3.05, 3.63) is 0 Å². The number of carbonyl (C=O) groups is 2. The smallest absolute Gasteiger partial charge is 0.309 e. The molecule has 1 aliphatic carbocycles. The minimum absolute atomic E-state index is 0.0330. The van der Waals surface area contributed by atoms with E-state index in [4.69, 9.17) is 9.47 Å².